The van der Waals surface area contributed by atoms with E-state index in [0.29, 0.717) is 0 Å². The first kappa shape index (κ1) is 16.2. The number of methoxy groups -OCH3 is 1. The fraction of sp³-hybridized carbons (Fsp3) is 0.125. The van der Waals surface area contributed by atoms with Gasteiger partial charge in [0.25, 0.3) is 0 Å². The van der Waals surface area contributed by atoms with Crippen LogP contribution in [0.4, 0.5) is 5.69 Å². The van der Waals surface area contributed by atoms with Gasteiger partial charge < -0.3 is 15.6 Å². The van der Waals surface area contributed by atoms with E-state index < -0.39 is 11.9 Å². The highest BCUT2D eigenvalue weighted by atomic mass is 16.5. The minimum absolute atomic E-state index is 0.0469. The summed E-state index contributed by atoms with van der Waals surface area (Å²) >= 11 is 0. The molecule has 0 saturated carbocycles. The average molecular weight is 287 g/mol. The van der Waals surface area contributed by atoms with E-state index in [9.17, 15) is 9.59 Å². The topological polar surface area (TPSA) is 89.6 Å². The summed E-state index contributed by atoms with van der Waals surface area (Å²) in [5.41, 5.74) is 7.53. The Labute approximate surface area is 123 Å². The van der Waals surface area contributed by atoms with Crippen LogP contribution in [0.5, 0.6) is 0 Å². The van der Waals surface area contributed by atoms with Crippen LogP contribution in [0, 0.1) is 6.92 Å². The van der Waals surface area contributed by atoms with Crippen LogP contribution in [0.2, 0.25) is 0 Å². The highest BCUT2D eigenvalue weighted by Gasteiger charge is 2.15. The third-order valence-corrected chi connectivity index (χ3v) is 2.64. The zero-order chi connectivity index (χ0) is 15.8. The van der Waals surface area contributed by atoms with Crippen LogP contribution in [0.3, 0.4) is 0 Å². The number of aromatic carboxylic acids is 1. The van der Waals surface area contributed by atoms with Gasteiger partial charge in [0.05, 0.1) is 18.2 Å². The summed E-state index contributed by atoms with van der Waals surface area (Å²) in [5, 5.41) is 8.70. The highest BCUT2D eigenvalue weighted by molar-refractivity contribution is 6.02. The molecule has 2 aromatic rings. The molecule has 0 bridgehead atoms. The number of rotatable bonds is 2. The molecule has 0 spiro atoms. The lowest BCUT2D eigenvalue weighted by Gasteiger charge is -2.02. The van der Waals surface area contributed by atoms with Crippen molar-refractivity contribution in [1.29, 1.82) is 0 Å². The SMILES string of the molecule is COC(=O)c1ccccc1C(=O)O.Cc1ccc(N)cc1. The molecule has 0 heterocycles. The molecule has 0 atom stereocenters. The fourth-order valence-corrected chi connectivity index (χ4v) is 1.52. The molecule has 0 amide bonds. The van der Waals surface area contributed by atoms with Crippen LogP contribution in [0.15, 0.2) is 48.5 Å². The van der Waals surface area contributed by atoms with Crippen molar-refractivity contribution in [3.8, 4) is 0 Å². The lowest BCUT2D eigenvalue weighted by molar-refractivity contribution is 0.0582. The van der Waals surface area contributed by atoms with Gasteiger partial charge in [-0.05, 0) is 31.2 Å². The second kappa shape index (κ2) is 7.69. The lowest BCUT2D eigenvalue weighted by Crippen LogP contribution is -2.09. The number of aryl methyl sites for hydroxylation is 1. The average Bonchev–Trinajstić information content (AvgIpc) is 2.50. The lowest BCUT2D eigenvalue weighted by atomic mass is 10.1. The molecule has 110 valence electrons. The summed E-state index contributed by atoms with van der Waals surface area (Å²) in [4.78, 5) is 21.7. The predicted molar refractivity (Wildman–Crippen MR) is 80.3 cm³/mol. The van der Waals surface area contributed by atoms with Gasteiger partial charge in [0.1, 0.15) is 0 Å². The Balaban J connectivity index is 0.000000235. The Kier molecular flexibility index (Phi) is 5.95. The van der Waals surface area contributed by atoms with Gasteiger partial charge in [-0.1, -0.05) is 29.8 Å². The molecule has 0 fully saturated rings. The van der Waals surface area contributed by atoms with Crippen molar-refractivity contribution in [3.63, 3.8) is 0 Å². The second-order valence-corrected chi connectivity index (χ2v) is 4.25. The molecule has 2 aromatic carbocycles. The van der Waals surface area contributed by atoms with Gasteiger partial charge in [0.2, 0.25) is 0 Å². The minimum Gasteiger partial charge on any atom is -0.478 e. The molecule has 0 aliphatic carbocycles. The summed E-state index contributed by atoms with van der Waals surface area (Å²) < 4.78 is 4.42. The van der Waals surface area contributed by atoms with Crippen molar-refractivity contribution in [1.82, 2.24) is 0 Å². The maximum atomic E-state index is 11.1. The number of hydrogen-bond donors (Lipinski definition) is 2. The van der Waals surface area contributed by atoms with Gasteiger partial charge in [-0.2, -0.15) is 0 Å². The zero-order valence-electron chi connectivity index (χ0n) is 11.9. The van der Waals surface area contributed by atoms with Crippen molar-refractivity contribution in [2.45, 2.75) is 6.92 Å². The van der Waals surface area contributed by atoms with Crippen molar-refractivity contribution in [2.75, 3.05) is 12.8 Å². The van der Waals surface area contributed by atoms with E-state index in [4.69, 9.17) is 10.8 Å². The molecule has 5 heteroatoms. The van der Waals surface area contributed by atoms with Crippen molar-refractivity contribution < 1.29 is 19.4 Å². The third kappa shape index (κ3) is 4.99. The molecule has 0 radical (unpaired) electrons. The largest absolute Gasteiger partial charge is 0.478 e. The number of anilines is 1. The van der Waals surface area contributed by atoms with Gasteiger partial charge in [0.15, 0.2) is 0 Å². The number of benzene rings is 2. The first-order valence-corrected chi connectivity index (χ1v) is 6.18. The molecule has 0 aliphatic rings. The number of carboxylic acids is 1. The summed E-state index contributed by atoms with van der Waals surface area (Å²) in [6.45, 7) is 2.04. The van der Waals surface area contributed by atoms with Gasteiger partial charge in [-0.25, -0.2) is 9.59 Å². The first-order chi connectivity index (χ1) is 9.95. The van der Waals surface area contributed by atoms with Crippen LogP contribution < -0.4 is 5.73 Å². The second-order valence-electron chi connectivity index (χ2n) is 4.25. The van der Waals surface area contributed by atoms with Crippen molar-refractivity contribution >= 4 is 17.6 Å². The molecule has 0 aromatic heterocycles. The number of ether oxygens (including phenoxy) is 1. The summed E-state index contributed by atoms with van der Waals surface area (Å²) in [6, 6.07) is 13.7. The van der Waals surface area contributed by atoms with Crippen LogP contribution in [-0.2, 0) is 4.74 Å². The summed E-state index contributed by atoms with van der Waals surface area (Å²) in [5.74, 6) is -1.78. The van der Waals surface area contributed by atoms with Crippen LogP contribution >= 0.6 is 0 Å². The minimum atomic E-state index is -1.14. The van der Waals surface area contributed by atoms with Gasteiger partial charge in [0, 0.05) is 5.69 Å². The quantitative estimate of drug-likeness (QED) is 0.654. The number of carbonyl (C=O) groups is 2. The number of nitrogens with two attached hydrogens (primary N) is 1. The van der Waals surface area contributed by atoms with Crippen molar-refractivity contribution in [2.24, 2.45) is 0 Å². The number of carboxylic acid groups (broad SMARTS) is 1. The van der Waals surface area contributed by atoms with Crippen LogP contribution in [-0.4, -0.2) is 24.2 Å². The Morgan fingerprint density at radius 2 is 1.52 bits per heavy atom. The van der Waals surface area contributed by atoms with E-state index in [-0.39, 0.29) is 11.1 Å². The maximum absolute atomic E-state index is 11.1. The molecular formula is C16H17NO4. The zero-order valence-corrected chi connectivity index (χ0v) is 11.9. The van der Waals surface area contributed by atoms with E-state index in [0.717, 1.165) is 5.69 Å². The number of esters is 1. The van der Waals surface area contributed by atoms with E-state index in [1.54, 1.807) is 12.1 Å². The Morgan fingerprint density at radius 3 is 1.95 bits per heavy atom. The van der Waals surface area contributed by atoms with Crippen molar-refractivity contribution in [3.05, 3.63) is 65.2 Å². The molecular weight excluding hydrogens is 270 g/mol. The van der Waals surface area contributed by atoms with Gasteiger partial charge in [-0.15, -0.1) is 0 Å². The normalized spacial score (nSPS) is 9.24. The maximum Gasteiger partial charge on any atom is 0.338 e. The van der Waals surface area contributed by atoms with Crippen LogP contribution in [0.25, 0.3) is 0 Å². The summed E-state index contributed by atoms with van der Waals surface area (Å²) in [7, 11) is 1.21. The van der Waals surface area contributed by atoms with E-state index in [1.165, 1.54) is 24.8 Å². The molecule has 2 rings (SSSR count). The molecule has 0 saturated heterocycles. The fourth-order valence-electron chi connectivity index (χ4n) is 1.52. The molecule has 5 nitrogen and oxygen atoms in total. The first-order valence-electron chi connectivity index (χ1n) is 6.18. The predicted octanol–water partition coefficient (Wildman–Crippen LogP) is 2.75. The number of nitrogen functional groups attached to an aromatic ring is 1. The molecule has 0 unspecified atom stereocenters. The Hall–Kier alpha value is -2.82. The summed E-state index contributed by atoms with van der Waals surface area (Å²) in [6.07, 6.45) is 0. The third-order valence-electron chi connectivity index (χ3n) is 2.64. The molecule has 21 heavy (non-hydrogen) atoms. The monoisotopic (exact) mass is 287 g/mol. The van der Waals surface area contributed by atoms with E-state index in [2.05, 4.69) is 4.74 Å². The Bertz CT molecular complexity index is 599. The van der Waals surface area contributed by atoms with Gasteiger partial charge in [-0.3, -0.25) is 0 Å². The van der Waals surface area contributed by atoms with Gasteiger partial charge >= 0.3 is 11.9 Å². The Morgan fingerprint density at radius 1 is 1.00 bits per heavy atom. The van der Waals surface area contributed by atoms with Crippen LogP contribution in [0.1, 0.15) is 26.3 Å². The molecule has 0 aliphatic heterocycles. The van der Waals surface area contributed by atoms with E-state index in [1.807, 2.05) is 31.2 Å². The number of hydrogen-bond acceptors (Lipinski definition) is 4. The standard InChI is InChI=1S/C9H8O4.C7H9N/c1-13-9(12)7-5-3-2-4-6(7)8(10)11;1-6-2-4-7(8)5-3-6/h2-5H,1H3,(H,10,11);2-5H,8H2,1H3. The smallest absolute Gasteiger partial charge is 0.338 e. The van der Waals surface area contributed by atoms with E-state index >= 15 is 0 Å². The molecule has 3 N–H and O–H groups in total. The number of carbonyl (C=O) groups excluding carboxylic acids is 1. The highest BCUT2D eigenvalue weighted by Crippen LogP contribution is 2.09.